The Balaban J connectivity index is 1.52. The molecule has 1 heterocycles. The van der Waals surface area contributed by atoms with E-state index in [2.05, 4.69) is 41.0 Å². The molecule has 7 N–H and O–H groups in total. The van der Waals surface area contributed by atoms with E-state index in [1.165, 1.54) is 5.57 Å². The molecule has 3 fully saturated rings. The average Bonchev–Trinajstić information content (AvgIpc) is 3.26. The first-order chi connectivity index (χ1) is 16.9. The van der Waals surface area contributed by atoms with Crippen molar-refractivity contribution in [2.45, 2.75) is 71.1 Å². The van der Waals surface area contributed by atoms with Crippen LogP contribution in [0.5, 0.6) is 0 Å². The second kappa shape index (κ2) is 8.16. The Morgan fingerprint density at radius 2 is 1.97 bits per heavy atom. The molecule has 0 aromatic heterocycles. The van der Waals surface area contributed by atoms with Gasteiger partial charge in [-0.1, -0.05) is 25.5 Å². The first-order valence-electron chi connectivity index (χ1n) is 12.5. The summed E-state index contributed by atoms with van der Waals surface area (Å²) in [4.78, 5) is 27.5. The van der Waals surface area contributed by atoms with Crippen molar-refractivity contribution in [3.05, 3.63) is 23.8 Å². The fourth-order valence-corrected chi connectivity index (χ4v) is 8.28. The van der Waals surface area contributed by atoms with Crippen LogP contribution in [0.3, 0.4) is 0 Å². The van der Waals surface area contributed by atoms with Crippen LogP contribution in [0.4, 0.5) is 9.59 Å². The number of ether oxygens (including phenoxy) is 1. The Morgan fingerprint density at radius 3 is 2.67 bits per heavy atom. The fourth-order valence-electron chi connectivity index (χ4n) is 8.28. The lowest BCUT2D eigenvalue weighted by atomic mass is 9.46. The van der Waals surface area contributed by atoms with Crippen LogP contribution in [-0.2, 0) is 4.74 Å². The van der Waals surface area contributed by atoms with Gasteiger partial charge in [-0.2, -0.15) is 10.2 Å². The number of aliphatic hydroxyl groups is 1. The molecule has 5 rings (SSSR count). The van der Waals surface area contributed by atoms with Crippen LogP contribution < -0.4 is 22.3 Å². The van der Waals surface area contributed by atoms with Crippen molar-refractivity contribution < 1.29 is 19.4 Å². The molecular formula is C25H35N7O4. The summed E-state index contributed by atoms with van der Waals surface area (Å²) in [6.45, 7) is 8.07. The average molecular weight is 498 g/mol. The number of nitrogens with two attached hydrogens (primary N) is 2. The number of hydrogen-bond donors (Lipinski definition) is 5. The van der Waals surface area contributed by atoms with Crippen LogP contribution in [0.1, 0.15) is 53.4 Å². The van der Waals surface area contributed by atoms with Gasteiger partial charge >= 0.3 is 12.1 Å². The lowest BCUT2D eigenvalue weighted by Gasteiger charge is -2.59. The Hall–Kier alpha value is -3.21. The summed E-state index contributed by atoms with van der Waals surface area (Å²) in [6.07, 6.45) is 8.28. The predicted molar refractivity (Wildman–Crippen MR) is 135 cm³/mol. The monoisotopic (exact) mass is 497 g/mol. The minimum Gasteiger partial charge on any atom is -0.475 e. The number of amides is 4. The van der Waals surface area contributed by atoms with E-state index >= 15 is 0 Å². The number of allylic oxidation sites excluding steroid dienone is 4. The van der Waals surface area contributed by atoms with Crippen molar-refractivity contribution in [2.24, 2.45) is 55.2 Å². The minimum atomic E-state index is -0.782. The number of fused-ring (bicyclic) bond motifs is 7. The first-order valence-corrected chi connectivity index (χ1v) is 12.5. The number of carbonyl (C=O) groups excluding carboxylic acids is 2. The van der Waals surface area contributed by atoms with Gasteiger partial charge in [0, 0.05) is 23.7 Å². The fraction of sp³-hybridized carbons (Fsp3) is 0.640. The van der Waals surface area contributed by atoms with Gasteiger partial charge in [-0.3, -0.25) is 0 Å². The summed E-state index contributed by atoms with van der Waals surface area (Å²) in [5, 5.41) is 20.2. The molecule has 36 heavy (non-hydrogen) atoms. The van der Waals surface area contributed by atoms with E-state index in [4.69, 9.17) is 21.2 Å². The largest absolute Gasteiger partial charge is 0.475 e. The summed E-state index contributed by atoms with van der Waals surface area (Å²) in [6, 6.07) is -1.44. The maximum atomic E-state index is 11.8. The molecular weight excluding hydrogens is 462 g/mol. The number of aliphatic imine (C=N–C) groups is 1. The van der Waals surface area contributed by atoms with Crippen LogP contribution >= 0.6 is 0 Å². The van der Waals surface area contributed by atoms with E-state index in [9.17, 15) is 14.7 Å². The topological polar surface area (TPSA) is 177 Å². The molecule has 0 bridgehead atoms. The smallest absolute Gasteiger partial charge is 0.332 e. The third kappa shape index (κ3) is 3.31. The van der Waals surface area contributed by atoms with Crippen LogP contribution in [0, 0.1) is 28.6 Å². The number of urea groups is 2. The zero-order chi connectivity index (χ0) is 26.0. The zero-order valence-electron chi connectivity index (χ0n) is 21.1. The van der Waals surface area contributed by atoms with Gasteiger partial charge in [0.2, 0.25) is 0 Å². The molecule has 0 spiro atoms. The van der Waals surface area contributed by atoms with Gasteiger partial charge in [0.1, 0.15) is 11.6 Å². The highest BCUT2D eigenvalue weighted by Crippen LogP contribution is 2.69. The van der Waals surface area contributed by atoms with E-state index in [0.717, 1.165) is 19.3 Å². The molecule has 8 atom stereocenters. The summed E-state index contributed by atoms with van der Waals surface area (Å²) >= 11 is 0. The van der Waals surface area contributed by atoms with Crippen molar-refractivity contribution in [1.29, 1.82) is 0 Å². The molecule has 4 aliphatic carbocycles. The molecule has 0 saturated heterocycles. The first kappa shape index (κ1) is 24.5. The second-order valence-electron chi connectivity index (χ2n) is 11.2. The van der Waals surface area contributed by atoms with E-state index in [0.29, 0.717) is 23.7 Å². The van der Waals surface area contributed by atoms with Crippen molar-refractivity contribution in [3.63, 3.8) is 0 Å². The minimum absolute atomic E-state index is 0.0133. The maximum absolute atomic E-state index is 11.8. The molecule has 3 saturated carbocycles. The number of hydrogen-bond acceptors (Lipinski definition) is 7. The molecule has 11 nitrogen and oxygen atoms in total. The highest BCUT2D eigenvalue weighted by molar-refractivity contribution is 6.06. The van der Waals surface area contributed by atoms with Crippen molar-refractivity contribution in [1.82, 2.24) is 10.9 Å². The molecule has 0 aromatic rings. The second-order valence-corrected chi connectivity index (χ2v) is 11.2. The highest BCUT2D eigenvalue weighted by Gasteiger charge is 2.73. The Labute approximate surface area is 210 Å². The summed E-state index contributed by atoms with van der Waals surface area (Å²) in [7, 11) is 0. The maximum Gasteiger partial charge on any atom is 0.332 e. The SMILES string of the molecule is CC1=N[C@]2(/C(C)=N/NC(N)=O)[C@@H](C[C@H]3[C@@H]4CCC5=C/C(=N/NC(N)=O)C=C[C@]5(C)[C@H]4[C@@H](O)C[C@@]32C)O1. The van der Waals surface area contributed by atoms with Crippen molar-refractivity contribution >= 4 is 29.4 Å². The number of primary amides is 2. The van der Waals surface area contributed by atoms with Gasteiger partial charge in [0.15, 0.2) is 5.90 Å². The number of aliphatic hydroxyl groups excluding tert-OH is 1. The third-order valence-electron chi connectivity index (χ3n) is 9.53. The van der Waals surface area contributed by atoms with E-state index in [-0.39, 0.29) is 29.3 Å². The summed E-state index contributed by atoms with van der Waals surface area (Å²) < 4.78 is 6.24. The molecule has 4 amide bonds. The van der Waals surface area contributed by atoms with E-state index < -0.39 is 29.1 Å². The lowest BCUT2D eigenvalue weighted by Crippen LogP contribution is -2.61. The molecule has 194 valence electrons. The van der Waals surface area contributed by atoms with Gasteiger partial charge in [0.25, 0.3) is 0 Å². The van der Waals surface area contributed by atoms with Crippen molar-refractivity contribution in [3.8, 4) is 0 Å². The van der Waals surface area contributed by atoms with Gasteiger partial charge < -0.3 is 21.3 Å². The number of nitrogens with one attached hydrogen (secondary N) is 2. The highest BCUT2D eigenvalue weighted by atomic mass is 16.5. The van der Waals surface area contributed by atoms with Gasteiger partial charge in [-0.25, -0.2) is 25.4 Å². The third-order valence-corrected chi connectivity index (χ3v) is 9.53. The van der Waals surface area contributed by atoms with Crippen LogP contribution in [0.15, 0.2) is 39.0 Å². The van der Waals surface area contributed by atoms with E-state index in [1.54, 1.807) is 0 Å². The normalized spacial score (nSPS) is 43.9. The number of rotatable bonds is 3. The van der Waals surface area contributed by atoms with Crippen LogP contribution in [0.25, 0.3) is 0 Å². The predicted octanol–water partition coefficient (Wildman–Crippen LogP) is 1.93. The molecule has 0 unspecified atom stereocenters. The Kier molecular flexibility index (Phi) is 5.55. The molecule has 0 radical (unpaired) electrons. The zero-order valence-corrected chi connectivity index (χ0v) is 21.1. The van der Waals surface area contributed by atoms with Crippen LogP contribution in [0.2, 0.25) is 0 Å². The molecule has 11 heteroatoms. The Bertz CT molecular complexity index is 1160. The molecule has 1 aliphatic heterocycles. The number of carbonyl (C=O) groups is 2. The number of nitrogens with zero attached hydrogens (tertiary/aromatic N) is 3. The van der Waals surface area contributed by atoms with Crippen LogP contribution in [-0.4, -0.2) is 52.2 Å². The van der Waals surface area contributed by atoms with Gasteiger partial charge in [-0.05, 0) is 56.6 Å². The summed E-state index contributed by atoms with van der Waals surface area (Å²) in [5.41, 5.74) is 16.0. The molecule has 5 aliphatic rings. The Morgan fingerprint density at radius 1 is 1.25 bits per heavy atom. The van der Waals surface area contributed by atoms with E-state index in [1.807, 2.05) is 26.0 Å². The summed E-state index contributed by atoms with van der Waals surface area (Å²) in [5.74, 6) is 1.09. The molecule has 0 aromatic carbocycles. The quantitative estimate of drug-likeness (QED) is 0.296. The van der Waals surface area contributed by atoms with Gasteiger partial charge in [-0.15, -0.1) is 0 Å². The number of hydrazone groups is 2. The standard InChI is InChI=1S/C25H35N7O4/c1-12(29-31-21(26)34)25-19(36-13(2)28-25)10-17-16-6-5-14-9-15(30-32-22(27)35)7-8-23(14,3)20(16)18(33)11-24(17,25)4/h7-9,16-20,33H,5-6,10-11H2,1-4H3,(H3,26,31,34)(H3,27,32,35)/b29-12+,30-15+/t16-,17-,18-,19+,20+,23-,24-,25+/m0/s1. The van der Waals surface area contributed by atoms with Gasteiger partial charge in [0.05, 0.1) is 17.5 Å². The van der Waals surface area contributed by atoms with Crippen molar-refractivity contribution in [2.75, 3.05) is 0 Å². The lowest BCUT2D eigenvalue weighted by molar-refractivity contribution is -0.111.